The van der Waals surface area contributed by atoms with Crippen molar-refractivity contribution in [1.29, 1.82) is 0 Å². The van der Waals surface area contributed by atoms with Gasteiger partial charge in [0.15, 0.2) is 7.28 Å². The molecular formula is C10H13B2F2O2. The zero-order valence-corrected chi connectivity index (χ0v) is 9.46. The Morgan fingerprint density at radius 2 is 1.69 bits per heavy atom. The number of rotatable bonds is 2. The van der Waals surface area contributed by atoms with Crippen LogP contribution in [-0.4, -0.2) is 24.4 Å². The molecule has 0 amide bonds. The Hall–Kier alpha value is -0.870. The van der Waals surface area contributed by atoms with E-state index in [1.165, 1.54) is 0 Å². The van der Waals surface area contributed by atoms with Gasteiger partial charge in [0.1, 0.15) is 11.6 Å². The molecule has 0 aliphatic rings. The van der Waals surface area contributed by atoms with Crippen molar-refractivity contribution in [2.45, 2.75) is 26.1 Å². The van der Waals surface area contributed by atoms with E-state index in [9.17, 15) is 8.78 Å². The second-order valence-electron chi connectivity index (χ2n) is 4.78. The highest BCUT2D eigenvalue weighted by Gasteiger charge is 2.22. The Kier molecular flexibility index (Phi) is 3.76. The monoisotopic (exact) mass is 225 g/mol. The van der Waals surface area contributed by atoms with Gasteiger partial charge in [-0.15, -0.1) is 0 Å². The lowest BCUT2D eigenvalue weighted by molar-refractivity contribution is 0.423. The van der Waals surface area contributed by atoms with Gasteiger partial charge in [0.05, 0.1) is 0 Å². The van der Waals surface area contributed by atoms with Crippen LogP contribution in [-0.2, 0) is 0 Å². The first kappa shape index (κ1) is 13.2. The third-order valence-corrected chi connectivity index (χ3v) is 1.98. The summed E-state index contributed by atoms with van der Waals surface area (Å²) >= 11 is 0. The van der Waals surface area contributed by atoms with E-state index in [-0.39, 0.29) is 16.2 Å². The predicted molar refractivity (Wildman–Crippen MR) is 61.3 cm³/mol. The highest BCUT2D eigenvalue weighted by atomic mass is 19.1. The minimum atomic E-state index is -1.94. The molecule has 1 aromatic carbocycles. The van der Waals surface area contributed by atoms with Crippen LogP contribution in [0.15, 0.2) is 12.1 Å². The molecule has 0 atom stereocenters. The van der Waals surface area contributed by atoms with Gasteiger partial charge in [0, 0.05) is 11.5 Å². The summed E-state index contributed by atoms with van der Waals surface area (Å²) in [7, 11) is -0.332. The molecule has 1 radical (unpaired) electrons. The van der Waals surface area contributed by atoms with Gasteiger partial charge in [-0.25, -0.2) is 8.78 Å². The van der Waals surface area contributed by atoms with Crippen LogP contribution in [0.2, 0.25) is 5.31 Å². The van der Waals surface area contributed by atoms with Crippen LogP contribution in [0.5, 0.6) is 0 Å². The molecule has 2 nitrogen and oxygen atoms in total. The molecule has 0 aliphatic heterocycles. The maximum Gasteiger partial charge on any atom is 0.491 e. The molecule has 0 heterocycles. The van der Waals surface area contributed by atoms with Gasteiger partial charge in [-0.05, 0) is 0 Å². The predicted octanol–water partition coefficient (Wildman–Crippen LogP) is 0.193. The van der Waals surface area contributed by atoms with Crippen LogP contribution in [0.4, 0.5) is 8.78 Å². The molecule has 0 bridgehead atoms. The maximum absolute atomic E-state index is 13.4. The van der Waals surface area contributed by atoms with Gasteiger partial charge in [-0.1, -0.05) is 37.6 Å². The fraction of sp³-hybridized carbons (Fsp3) is 0.400. The van der Waals surface area contributed by atoms with Crippen LogP contribution in [0, 0.1) is 11.6 Å². The summed E-state index contributed by atoms with van der Waals surface area (Å²) in [5.74, 6) is -1.67. The van der Waals surface area contributed by atoms with E-state index < -0.39 is 18.8 Å². The lowest BCUT2D eigenvalue weighted by atomic mass is 9.50. The molecule has 0 unspecified atom stereocenters. The SMILES string of the molecule is CC(C)(C)[B]c1cc(B(O)O)c(F)cc1F. The summed E-state index contributed by atoms with van der Waals surface area (Å²) in [5, 5.41) is 17.5. The molecule has 1 aromatic rings. The van der Waals surface area contributed by atoms with Crippen molar-refractivity contribution in [3.05, 3.63) is 23.8 Å². The number of hydrogen-bond donors (Lipinski definition) is 2. The quantitative estimate of drug-likeness (QED) is 0.705. The number of hydrogen-bond acceptors (Lipinski definition) is 2. The van der Waals surface area contributed by atoms with Crippen molar-refractivity contribution in [1.82, 2.24) is 0 Å². The minimum absolute atomic E-state index is 0.164. The van der Waals surface area contributed by atoms with Crippen molar-refractivity contribution >= 4 is 25.3 Å². The van der Waals surface area contributed by atoms with Crippen molar-refractivity contribution in [3.63, 3.8) is 0 Å². The Morgan fingerprint density at radius 3 is 2.12 bits per heavy atom. The molecule has 0 spiro atoms. The highest BCUT2D eigenvalue weighted by Crippen LogP contribution is 2.19. The third-order valence-electron chi connectivity index (χ3n) is 1.98. The van der Waals surface area contributed by atoms with Crippen molar-refractivity contribution in [2.24, 2.45) is 0 Å². The molecule has 85 valence electrons. The molecule has 0 fully saturated rings. The maximum atomic E-state index is 13.4. The van der Waals surface area contributed by atoms with Gasteiger partial charge in [0.2, 0.25) is 0 Å². The van der Waals surface area contributed by atoms with Crippen LogP contribution in [0.3, 0.4) is 0 Å². The fourth-order valence-electron chi connectivity index (χ4n) is 1.36. The summed E-state index contributed by atoms with van der Waals surface area (Å²) in [6.07, 6.45) is 0. The standard InChI is InChI=1S/C10H13B2F2O2/c1-10(2,3)11-6-4-7(12(15)16)9(14)5-8(6)13/h4-5,15-16H,1-3H3. The first-order chi connectivity index (χ1) is 7.20. The van der Waals surface area contributed by atoms with Gasteiger partial charge < -0.3 is 10.0 Å². The second kappa shape index (κ2) is 4.55. The summed E-state index contributed by atoms with van der Waals surface area (Å²) < 4.78 is 26.5. The van der Waals surface area contributed by atoms with Crippen LogP contribution >= 0.6 is 0 Å². The Morgan fingerprint density at radius 1 is 1.12 bits per heavy atom. The molecular weight excluding hydrogens is 212 g/mol. The molecule has 0 saturated heterocycles. The molecule has 0 saturated carbocycles. The molecule has 0 aromatic heterocycles. The molecule has 1 rings (SSSR count). The van der Waals surface area contributed by atoms with E-state index in [1.54, 1.807) is 7.28 Å². The fourth-order valence-corrected chi connectivity index (χ4v) is 1.36. The van der Waals surface area contributed by atoms with Crippen molar-refractivity contribution < 1.29 is 18.8 Å². The third kappa shape index (κ3) is 3.32. The van der Waals surface area contributed by atoms with Gasteiger partial charge in [-0.2, -0.15) is 0 Å². The summed E-state index contributed by atoms with van der Waals surface area (Å²) in [4.78, 5) is 0. The highest BCUT2D eigenvalue weighted by molar-refractivity contribution is 6.61. The molecule has 16 heavy (non-hydrogen) atoms. The zero-order valence-electron chi connectivity index (χ0n) is 9.46. The van der Waals surface area contributed by atoms with Crippen molar-refractivity contribution in [2.75, 3.05) is 0 Å². The number of halogens is 2. The van der Waals surface area contributed by atoms with E-state index >= 15 is 0 Å². The van der Waals surface area contributed by atoms with E-state index in [2.05, 4.69) is 0 Å². The van der Waals surface area contributed by atoms with Crippen LogP contribution in [0.25, 0.3) is 0 Å². The second-order valence-corrected chi connectivity index (χ2v) is 4.78. The van der Waals surface area contributed by atoms with Gasteiger partial charge >= 0.3 is 7.12 Å². The minimum Gasteiger partial charge on any atom is -0.423 e. The molecule has 2 N–H and O–H groups in total. The van der Waals surface area contributed by atoms with E-state index in [4.69, 9.17) is 10.0 Å². The van der Waals surface area contributed by atoms with E-state index in [0.29, 0.717) is 6.07 Å². The zero-order chi connectivity index (χ0) is 12.5. The van der Waals surface area contributed by atoms with Gasteiger partial charge in [0.25, 0.3) is 0 Å². The summed E-state index contributed by atoms with van der Waals surface area (Å²) in [6, 6.07) is 1.77. The first-order valence-electron chi connectivity index (χ1n) is 4.92. The average molecular weight is 225 g/mol. The smallest absolute Gasteiger partial charge is 0.423 e. The molecule has 6 heteroatoms. The first-order valence-corrected chi connectivity index (χ1v) is 4.92. The largest absolute Gasteiger partial charge is 0.491 e. The van der Waals surface area contributed by atoms with Crippen LogP contribution in [0.1, 0.15) is 20.8 Å². The summed E-state index contributed by atoms with van der Waals surface area (Å²) in [6.45, 7) is 5.60. The normalized spacial score (nSPS) is 11.4. The Bertz CT molecular complexity index is 389. The molecule has 0 aliphatic carbocycles. The lowest BCUT2D eigenvalue weighted by Crippen LogP contribution is -2.38. The Balaban J connectivity index is 3.15. The Labute approximate surface area is 94.7 Å². The van der Waals surface area contributed by atoms with E-state index in [0.717, 1.165) is 6.07 Å². The average Bonchev–Trinajstić information content (AvgIpc) is 2.07. The van der Waals surface area contributed by atoms with Crippen LogP contribution < -0.4 is 10.9 Å². The lowest BCUT2D eigenvalue weighted by Gasteiger charge is -2.17. The van der Waals surface area contributed by atoms with E-state index in [1.807, 2.05) is 20.8 Å². The topological polar surface area (TPSA) is 40.5 Å². The van der Waals surface area contributed by atoms with Gasteiger partial charge in [-0.3, -0.25) is 0 Å². The summed E-state index contributed by atoms with van der Waals surface area (Å²) in [5.41, 5.74) is -0.158. The van der Waals surface area contributed by atoms with Crippen molar-refractivity contribution in [3.8, 4) is 0 Å². The number of benzene rings is 1.